The molecule has 0 fully saturated rings. The van der Waals surface area contributed by atoms with Crippen LogP contribution in [0.1, 0.15) is 12.5 Å². The van der Waals surface area contributed by atoms with E-state index in [0.717, 1.165) is 0 Å². The molecule has 0 unspecified atom stereocenters. The van der Waals surface area contributed by atoms with Crippen molar-refractivity contribution in [2.75, 3.05) is 11.9 Å². The van der Waals surface area contributed by atoms with Crippen molar-refractivity contribution in [2.45, 2.75) is 19.7 Å². The molecule has 0 spiro atoms. The van der Waals surface area contributed by atoms with Crippen LogP contribution in [0.25, 0.3) is 0 Å². The van der Waals surface area contributed by atoms with Crippen LogP contribution in [0.2, 0.25) is 0 Å². The summed E-state index contributed by atoms with van der Waals surface area (Å²) >= 11 is 0. The maximum Gasteiger partial charge on any atom is 0.471 e. The summed E-state index contributed by atoms with van der Waals surface area (Å²) in [5.41, 5.74) is 0.621. The number of anilines is 1. The molecule has 1 aromatic carbocycles. The van der Waals surface area contributed by atoms with Gasteiger partial charge < -0.3 is 10.1 Å². The molecular weight excluding hydrogens is 235 g/mol. The van der Waals surface area contributed by atoms with Gasteiger partial charge in [-0.2, -0.15) is 13.2 Å². The average molecular weight is 247 g/mol. The van der Waals surface area contributed by atoms with Gasteiger partial charge in [-0.15, -0.1) is 0 Å². The van der Waals surface area contributed by atoms with E-state index in [4.69, 9.17) is 4.74 Å². The fourth-order valence-electron chi connectivity index (χ4n) is 1.17. The van der Waals surface area contributed by atoms with Crippen LogP contribution in [0, 0.1) is 0 Å². The lowest BCUT2D eigenvalue weighted by Gasteiger charge is -2.12. The fraction of sp³-hybridized carbons (Fsp3) is 0.364. The summed E-state index contributed by atoms with van der Waals surface area (Å²) in [6, 6.07) is 6.21. The molecule has 0 radical (unpaired) electrons. The molecule has 3 nitrogen and oxygen atoms in total. The van der Waals surface area contributed by atoms with Crippen LogP contribution in [0.4, 0.5) is 18.9 Å². The highest BCUT2D eigenvalue weighted by Crippen LogP contribution is 2.21. The van der Waals surface area contributed by atoms with Crippen molar-refractivity contribution in [1.29, 1.82) is 0 Å². The zero-order valence-corrected chi connectivity index (χ0v) is 9.17. The van der Waals surface area contributed by atoms with Gasteiger partial charge in [-0.25, -0.2) is 0 Å². The first-order valence-electron chi connectivity index (χ1n) is 4.99. The Morgan fingerprint density at radius 1 is 1.35 bits per heavy atom. The Kier molecular flexibility index (Phi) is 4.51. The molecule has 1 rings (SSSR count). The molecule has 17 heavy (non-hydrogen) atoms. The summed E-state index contributed by atoms with van der Waals surface area (Å²) in [6.07, 6.45) is -4.89. The van der Waals surface area contributed by atoms with E-state index in [9.17, 15) is 18.0 Å². The molecule has 0 aliphatic carbocycles. The second-order valence-corrected chi connectivity index (χ2v) is 3.25. The second-order valence-electron chi connectivity index (χ2n) is 3.25. The number of nitrogens with one attached hydrogen (secondary N) is 1. The minimum absolute atomic E-state index is 0.114. The van der Waals surface area contributed by atoms with Gasteiger partial charge in [0.15, 0.2) is 0 Å². The fourth-order valence-corrected chi connectivity index (χ4v) is 1.17. The lowest BCUT2D eigenvalue weighted by Crippen LogP contribution is -2.30. The van der Waals surface area contributed by atoms with E-state index in [1.54, 1.807) is 25.1 Å². The molecule has 0 aromatic heterocycles. The van der Waals surface area contributed by atoms with Crippen LogP contribution in [0.15, 0.2) is 24.3 Å². The summed E-state index contributed by atoms with van der Waals surface area (Å²) in [5.74, 6) is -1.98. The number of hydrogen-bond donors (Lipinski definition) is 1. The quantitative estimate of drug-likeness (QED) is 0.888. The van der Waals surface area contributed by atoms with E-state index in [0.29, 0.717) is 12.2 Å². The van der Waals surface area contributed by atoms with Crippen molar-refractivity contribution >= 4 is 11.6 Å². The van der Waals surface area contributed by atoms with Crippen LogP contribution in [0.5, 0.6) is 0 Å². The number of carbonyl (C=O) groups excluding carboxylic acids is 1. The SMILES string of the molecule is CCOCc1ccccc1NC(=O)C(F)(F)F. The highest BCUT2D eigenvalue weighted by atomic mass is 19.4. The van der Waals surface area contributed by atoms with Gasteiger partial charge >= 0.3 is 12.1 Å². The number of hydrogen-bond acceptors (Lipinski definition) is 2. The molecule has 0 heterocycles. The van der Waals surface area contributed by atoms with Crippen LogP contribution < -0.4 is 5.32 Å². The molecule has 0 bridgehead atoms. The molecule has 0 saturated heterocycles. The van der Waals surface area contributed by atoms with E-state index in [2.05, 4.69) is 0 Å². The Labute approximate surface area is 96.6 Å². The molecule has 0 saturated carbocycles. The molecule has 6 heteroatoms. The number of carbonyl (C=O) groups is 1. The normalized spacial score (nSPS) is 11.3. The lowest BCUT2D eigenvalue weighted by atomic mass is 10.2. The molecule has 0 atom stereocenters. The number of amides is 1. The van der Waals surface area contributed by atoms with Crippen LogP contribution >= 0.6 is 0 Å². The third kappa shape index (κ3) is 4.07. The number of halogens is 3. The van der Waals surface area contributed by atoms with Gasteiger partial charge in [-0.05, 0) is 13.0 Å². The maximum atomic E-state index is 12.1. The molecule has 1 amide bonds. The number of ether oxygens (including phenoxy) is 1. The first kappa shape index (κ1) is 13.5. The Morgan fingerprint density at radius 3 is 2.59 bits per heavy atom. The molecule has 1 N–H and O–H groups in total. The monoisotopic (exact) mass is 247 g/mol. The molecule has 94 valence electrons. The number of alkyl halides is 3. The van der Waals surface area contributed by atoms with Crippen LogP contribution in [-0.2, 0) is 16.1 Å². The minimum atomic E-state index is -4.89. The van der Waals surface area contributed by atoms with Gasteiger partial charge in [0.2, 0.25) is 0 Å². The molecular formula is C11H12F3NO2. The minimum Gasteiger partial charge on any atom is -0.377 e. The summed E-state index contributed by atoms with van der Waals surface area (Å²) in [5, 5.41) is 1.82. The Morgan fingerprint density at radius 2 is 2.00 bits per heavy atom. The lowest BCUT2D eigenvalue weighted by molar-refractivity contribution is -0.167. The van der Waals surface area contributed by atoms with E-state index < -0.39 is 12.1 Å². The summed E-state index contributed by atoms with van der Waals surface area (Å²) in [4.78, 5) is 10.8. The average Bonchev–Trinajstić information content (AvgIpc) is 2.26. The first-order valence-corrected chi connectivity index (χ1v) is 4.99. The van der Waals surface area contributed by atoms with Crippen molar-refractivity contribution in [1.82, 2.24) is 0 Å². The van der Waals surface area contributed by atoms with Crippen molar-refractivity contribution < 1.29 is 22.7 Å². The topological polar surface area (TPSA) is 38.3 Å². The van der Waals surface area contributed by atoms with Gasteiger partial charge in [0.1, 0.15) is 0 Å². The largest absolute Gasteiger partial charge is 0.471 e. The zero-order chi connectivity index (χ0) is 12.9. The summed E-state index contributed by atoms with van der Waals surface area (Å²) in [6.45, 7) is 2.38. The number of rotatable bonds is 4. The Balaban J connectivity index is 2.80. The number of para-hydroxylation sites is 1. The second kappa shape index (κ2) is 5.67. The summed E-state index contributed by atoms with van der Waals surface area (Å²) < 4.78 is 41.3. The Hall–Kier alpha value is -1.56. The Bertz CT molecular complexity index is 391. The van der Waals surface area contributed by atoms with E-state index >= 15 is 0 Å². The van der Waals surface area contributed by atoms with Gasteiger partial charge in [-0.1, -0.05) is 18.2 Å². The zero-order valence-electron chi connectivity index (χ0n) is 9.17. The smallest absolute Gasteiger partial charge is 0.377 e. The van der Waals surface area contributed by atoms with E-state index in [-0.39, 0.29) is 12.3 Å². The van der Waals surface area contributed by atoms with Gasteiger partial charge in [0, 0.05) is 17.9 Å². The number of benzene rings is 1. The predicted octanol–water partition coefficient (Wildman–Crippen LogP) is 2.72. The molecule has 1 aromatic rings. The standard InChI is InChI=1S/C11H12F3NO2/c1-2-17-7-8-5-3-4-6-9(8)15-10(16)11(12,13)14/h3-6H,2,7H2,1H3,(H,15,16). The molecule has 0 aliphatic heterocycles. The van der Waals surface area contributed by atoms with E-state index in [1.165, 1.54) is 6.07 Å². The van der Waals surface area contributed by atoms with Crippen molar-refractivity contribution in [2.24, 2.45) is 0 Å². The van der Waals surface area contributed by atoms with Gasteiger partial charge in [-0.3, -0.25) is 4.79 Å². The van der Waals surface area contributed by atoms with Crippen molar-refractivity contribution in [3.05, 3.63) is 29.8 Å². The van der Waals surface area contributed by atoms with E-state index in [1.807, 2.05) is 5.32 Å². The predicted molar refractivity (Wildman–Crippen MR) is 56.5 cm³/mol. The van der Waals surface area contributed by atoms with Crippen LogP contribution in [-0.4, -0.2) is 18.7 Å². The highest BCUT2D eigenvalue weighted by molar-refractivity contribution is 5.95. The highest BCUT2D eigenvalue weighted by Gasteiger charge is 2.38. The third-order valence-corrected chi connectivity index (χ3v) is 1.98. The summed E-state index contributed by atoms with van der Waals surface area (Å²) in [7, 11) is 0. The first-order chi connectivity index (χ1) is 7.95. The van der Waals surface area contributed by atoms with Crippen LogP contribution in [0.3, 0.4) is 0 Å². The van der Waals surface area contributed by atoms with Gasteiger partial charge in [0.25, 0.3) is 0 Å². The third-order valence-electron chi connectivity index (χ3n) is 1.98. The maximum absolute atomic E-state index is 12.1. The van der Waals surface area contributed by atoms with Gasteiger partial charge in [0.05, 0.1) is 6.61 Å². The molecule has 0 aliphatic rings. The van der Waals surface area contributed by atoms with Crippen molar-refractivity contribution in [3.8, 4) is 0 Å². The van der Waals surface area contributed by atoms with Crippen molar-refractivity contribution in [3.63, 3.8) is 0 Å².